The second-order valence-electron chi connectivity index (χ2n) is 16.5. The topological polar surface area (TPSA) is 96.8 Å². The Morgan fingerprint density at radius 3 is 2.36 bits per heavy atom. The van der Waals surface area contributed by atoms with E-state index in [0.29, 0.717) is 17.2 Å². The van der Waals surface area contributed by atoms with Crippen molar-refractivity contribution in [1.29, 1.82) is 5.26 Å². The van der Waals surface area contributed by atoms with Crippen LogP contribution in [0.2, 0.25) is 0 Å². The average Bonchev–Trinajstić information content (AvgIpc) is 3.28. The van der Waals surface area contributed by atoms with Crippen molar-refractivity contribution in [3.63, 3.8) is 0 Å². The Bertz CT molecular complexity index is 1350. The van der Waals surface area contributed by atoms with Gasteiger partial charge < -0.3 is 4.42 Å². The summed E-state index contributed by atoms with van der Waals surface area (Å²) in [5.41, 5.74) is -0.00248. The van der Waals surface area contributed by atoms with Crippen molar-refractivity contribution >= 4 is 11.6 Å². The van der Waals surface area contributed by atoms with E-state index in [1.807, 2.05) is 32.9 Å². The molecule has 3 aliphatic rings. The Balaban J connectivity index is 1.74. The van der Waals surface area contributed by atoms with Gasteiger partial charge in [0.1, 0.15) is 6.07 Å². The smallest absolute Gasteiger partial charge is 0.217 e. The van der Waals surface area contributed by atoms with E-state index < -0.39 is 10.8 Å². The molecule has 2 saturated carbocycles. The Morgan fingerprint density at radius 2 is 1.81 bits per heavy atom. The number of rotatable bonds is 7. The van der Waals surface area contributed by atoms with Gasteiger partial charge in [0.25, 0.3) is 0 Å². The Hall–Kier alpha value is -2.55. The molecule has 5 atom stereocenters. The summed E-state index contributed by atoms with van der Waals surface area (Å²) < 4.78 is 5.93. The zero-order valence-electron chi connectivity index (χ0n) is 28.0. The third-order valence-electron chi connectivity index (χ3n) is 12.5. The van der Waals surface area contributed by atoms with E-state index >= 15 is 0 Å². The number of ketones is 2. The highest BCUT2D eigenvalue weighted by Gasteiger charge is 2.61. The molecule has 1 unspecified atom stereocenters. The molecule has 1 aromatic rings. The largest absolute Gasteiger partial charge is 0.426 e. The predicted molar refractivity (Wildman–Crippen MR) is 165 cm³/mol. The molecular formula is C36H53N3O3. The highest BCUT2D eigenvalue weighted by atomic mass is 16.4. The molecule has 0 radical (unpaired) electrons. The van der Waals surface area contributed by atoms with Crippen LogP contribution < -0.4 is 0 Å². The van der Waals surface area contributed by atoms with Crippen molar-refractivity contribution in [2.45, 2.75) is 128 Å². The molecule has 0 saturated heterocycles. The van der Waals surface area contributed by atoms with Gasteiger partial charge in [0.2, 0.25) is 11.8 Å². The number of carbonyl (C=O) groups excluding carboxylic acids is 2. The van der Waals surface area contributed by atoms with Gasteiger partial charge in [-0.3, -0.25) is 9.59 Å². The molecule has 0 aliphatic heterocycles. The monoisotopic (exact) mass is 575 g/mol. The molecule has 3 aliphatic carbocycles. The molecule has 42 heavy (non-hydrogen) atoms. The molecule has 0 aromatic carbocycles. The van der Waals surface area contributed by atoms with Crippen LogP contribution in [0, 0.1) is 62.6 Å². The van der Waals surface area contributed by atoms with Gasteiger partial charge in [-0.1, -0.05) is 74.0 Å². The van der Waals surface area contributed by atoms with Gasteiger partial charge in [0.05, 0.1) is 5.57 Å². The summed E-state index contributed by atoms with van der Waals surface area (Å²) in [6.07, 6.45) is 11.8. The summed E-state index contributed by atoms with van der Waals surface area (Å²) in [6.45, 7) is 23.8. The quantitative estimate of drug-likeness (QED) is 0.302. The fourth-order valence-electron chi connectivity index (χ4n) is 9.36. The molecule has 6 nitrogen and oxygen atoms in total. The molecule has 0 amide bonds. The van der Waals surface area contributed by atoms with Crippen molar-refractivity contribution in [3.8, 4) is 6.07 Å². The van der Waals surface area contributed by atoms with Crippen molar-refractivity contribution in [2.24, 2.45) is 44.3 Å². The fraction of sp³-hybridized carbons (Fsp3) is 0.750. The van der Waals surface area contributed by atoms with Crippen LogP contribution in [-0.2, 0) is 16.0 Å². The van der Waals surface area contributed by atoms with Gasteiger partial charge in [-0.05, 0) is 91.4 Å². The van der Waals surface area contributed by atoms with Crippen LogP contribution in [0.25, 0.3) is 0 Å². The van der Waals surface area contributed by atoms with Crippen LogP contribution in [0.4, 0.5) is 0 Å². The summed E-state index contributed by atoms with van der Waals surface area (Å²) in [5, 5.41) is 18.5. The fourth-order valence-corrected chi connectivity index (χ4v) is 9.36. The lowest BCUT2D eigenvalue weighted by Crippen LogP contribution is -2.56. The van der Waals surface area contributed by atoms with Crippen LogP contribution in [-0.4, -0.2) is 21.8 Å². The van der Waals surface area contributed by atoms with Gasteiger partial charge in [0.15, 0.2) is 11.6 Å². The molecule has 0 spiro atoms. The van der Waals surface area contributed by atoms with E-state index in [1.165, 1.54) is 6.42 Å². The van der Waals surface area contributed by atoms with E-state index in [1.54, 1.807) is 6.92 Å². The van der Waals surface area contributed by atoms with E-state index in [2.05, 4.69) is 64.7 Å². The van der Waals surface area contributed by atoms with Gasteiger partial charge in [0, 0.05) is 24.2 Å². The Kier molecular flexibility index (Phi) is 8.14. The van der Waals surface area contributed by atoms with Crippen molar-refractivity contribution in [2.75, 3.05) is 0 Å². The van der Waals surface area contributed by atoms with Crippen LogP contribution in [0.15, 0.2) is 27.7 Å². The standard InChI is InChI=1S/C36H53N3O3/c1-23-19-31(4,5)14-16-36(23,21-29-39-38-25(3)42-29)17-15-32(6,7)35(11)13-12-27-33(8,9)30(41)26(22-37)20-34(27,10)28(35)18-24(2)40/h18,20,23,27H,12-17,19,21H2,1-11H3/b28-18-/t23?,27-,34-,35+,36+/m0/s1. The predicted octanol–water partition coefficient (Wildman–Crippen LogP) is 8.56. The molecule has 0 N–H and O–H groups in total. The summed E-state index contributed by atoms with van der Waals surface area (Å²) >= 11 is 0. The van der Waals surface area contributed by atoms with Crippen LogP contribution in [0.3, 0.4) is 0 Å². The summed E-state index contributed by atoms with van der Waals surface area (Å²) in [6, 6.07) is 2.20. The number of carbonyl (C=O) groups is 2. The second kappa shape index (κ2) is 10.6. The number of nitrogens with zero attached hydrogens (tertiary/aromatic N) is 3. The number of Topliss-reactive ketones (excluding diaryl/α,β-unsaturated/α-hetero) is 1. The van der Waals surface area contributed by atoms with Crippen molar-refractivity contribution in [1.82, 2.24) is 10.2 Å². The van der Waals surface area contributed by atoms with Gasteiger partial charge in [-0.2, -0.15) is 5.26 Å². The molecule has 0 bridgehead atoms. The van der Waals surface area contributed by atoms with Crippen molar-refractivity contribution < 1.29 is 14.0 Å². The lowest BCUT2D eigenvalue weighted by molar-refractivity contribution is -0.131. The minimum absolute atomic E-state index is 0.0156. The van der Waals surface area contributed by atoms with Crippen LogP contribution >= 0.6 is 0 Å². The van der Waals surface area contributed by atoms with Gasteiger partial charge in [-0.15, -0.1) is 10.2 Å². The van der Waals surface area contributed by atoms with E-state index in [-0.39, 0.29) is 39.3 Å². The maximum atomic E-state index is 13.3. The number of hydrogen-bond acceptors (Lipinski definition) is 6. The molecular weight excluding hydrogens is 522 g/mol. The molecule has 1 aromatic heterocycles. The molecule has 4 rings (SSSR count). The number of allylic oxidation sites excluding steroid dienone is 4. The normalized spacial score (nSPS) is 35.3. The highest BCUT2D eigenvalue weighted by molar-refractivity contribution is 6.04. The third-order valence-corrected chi connectivity index (χ3v) is 12.5. The average molecular weight is 576 g/mol. The maximum Gasteiger partial charge on any atom is 0.217 e. The minimum Gasteiger partial charge on any atom is -0.426 e. The van der Waals surface area contributed by atoms with Crippen molar-refractivity contribution in [3.05, 3.63) is 35.1 Å². The summed E-state index contributed by atoms with van der Waals surface area (Å²) in [5.74, 6) is 1.81. The van der Waals surface area contributed by atoms with Gasteiger partial charge in [-0.25, -0.2) is 0 Å². The maximum absolute atomic E-state index is 13.3. The second-order valence-corrected chi connectivity index (χ2v) is 16.5. The summed E-state index contributed by atoms with van der Waals surface area (Å²) in [4.78, 5) is 26.1. The Morgan fingerprint density at radius 1 is 1.14 bits per heavy atom. The minimum atomic E-state index is -0.674. The molecule has 6 heteroatoms. The first-order chi connectivity index (χ1) is 19.2. The van der Waals surface area contributed by atoms with E-state index in [4.69, 9.17) is 4.42 Å². The van der Waals surface area contributed by atoms with Crippen LogP contribution in [0.5, 0.6) is 0 Å². The molecule has 2 fully saturated rings. The number of aromatic nitrogens is 2. The lowest BCUT2D eigenvalue weighted by atomic mass is 9.42. The summed E-state index contributed by atoms with van der Waals surface area (Å²) in [7, 11) is 0. The first kappa shape index (κ1) is 32.4. The zero-order valence-corrected chi connectivity index (χ0v) is 28.0. The lowest BCUT2D eigenvalue weighted by Gasteiger charge is -2.61. The first-order valence-electron chi connectivity index (χ1n) is 15.9. The number of aryl methyl sites for hydroxylation is 1. The van der Waals surface area contributed by atoms with Crippen LogP contribution in [0.1, 0.15) is 126 Å². The van der Waals surface area contributed by atoms with E-state index in [0.717, 1.165) is 56.4 Å². The van der Waals surface area contributed by atoms with E-state index in [9.17, 15) is 14.9 Å². The zero-order chi connectivity index (χ0) is 31.5. The first-order valence-corrected chi connectivity index (χ1v) is 15.9. The molecule has 1 heterocycles. The Labute approximate surface area is 253 Å². The number of hydrogen-bond donors (Lipinski definition) is 0. The SMILES string of the molecule is CC(=O)/C=C1/[C@@]2(C)C=C(C#N)C(=O)C(C)(C)[C@@H]2CC[C@@]1(C)C(C)(C)CC[C@@]1(Cc2nnc(C)o2)CCC(C)(C)CC1C. The molecule has 230 valence electrons. The third kappa shape index (κ3) is 5.35. The number of fused-ring (bicyclic) bond motifs is 1. The highest BCUT2D eigenvalue weighted by Crippen LogP contribution is 2.67. The van der Waals surface area contributed by atoms with Gasteiger partial charge >= 0.3 is 0 Å². The number of nitriles is 1.